The highest BCUT2D eigenvalue weighted by Gasteiger charge is 2.40. The largest absolute Gasteiger partial charge is 0.481 e. The van der Waals surface area contributed by atoms with E-state index in [0.29, 0.717) is 13.1 Å². The van der Waals surface area contributed by atoms with Crippen LogP contribution in [-0.4, -0.2) is 91.8 Å². The van der Waals surface area contributed by atoms with E-state index >= 15 is 0 Å². The summed E-state index contributed by atoms with van der Waals surface area (Å²) >= 11 is 0. The first-order valence-corrected chi connectivity index (χ1v) is 6.85. The second-order valence-electron chi connectivity index (χ2n) is 5.34. The van der Waals surface area contributed by atoms with E-state index in [0.717, 1.165) is 6.54 Å². The van der Waals surface area contributed by atoms with Crippen molar-refractivity contribution in [3.63, 3.8) is 0 Å². The van der Waals surface area contributed by atoms with Gasteiger partial charge in [0.25, 0.3) is 0 Å². The van der Waals surface area contributed by atoms with Gasteiger partial charge in [-0.3, -0.25) is 4.79 Å². The Balaban J connectivity index is 2.69. The molecule has 1 saturated heterocycles. The summed E-state index contributed by atoms with van der Waals surface area (Å²) < 4.78 is 5.24. The van der Waals surface area contributed by atoms with E-state index in [1.165, 1.54) is 0 Å². The Labute approximate surface area is 120 Å². The minimum absolute atomic E-state index is 0.142. The lowest BCUT2D eigenvalue weighted by molar-refractivity contribution is -0.142. The first-order valence-electron chi connectivity index (χ1n) is 6.85. The molecule has 1 aliphatic rings. The average Bonchev–Trinajstić information content (AvgIpc) is 2.85. The molecule has 0 radical (unpaired) electrons. The number of hydrogen-bond acceptors (Lipinski definition) is 4. The van der Waals surface area contributed by atoms with Crippen LogP contribution < -0.4 is 0 Å². The quantitative estimate of drug-likeness (QED) is 0.745. The van der Waals surface area contributed by atoms with Crippen LogP contribution in [0.25, 0.3) is 0 Å². The van der Waals surface area contributed by atoms with Crippen LogP contribution in [0.1, 0.15) is 6.92 Å². The van der Waals surface area contributed by atoms with E-state index in [1.54, 1.807) is 16.8 Å². The van der Waals surface area contributed by atoms with E-state index in [9.17, 15) is 14.7 Å². The Kier molecular flexibility index (Phi) is 6.22. The van der Waals surface area contributed by atoms with Crippen molar-refractivity contribution in [1.29, 1.82) is 0 Å². The Morgan fingerprint density at radius 1 is 1.20 bits per heavy atom. The van der Waals surface area contributed by atoms with Gasteiger partial charge in [-0.2, -0.15) is 0 Å². The predicted molar refractivity (Wildman–Crippen MR) is 74.7 cm³/mol. The van der Waals surface area contributed by atoms with Crippen molar-refractivity contribution in [3.05, 3.63) is 0 Å². The second kappa shape index (κ2) is 7.44. The van der Waals surface area contributed by atoms with Gasteiger partial charge in [0.1, 0.15) is 5.92 Å². The maximum absolute atomic E-state index is 12.4. The van der Waals surface area contributed by atoms with Crippen LogP contribution in [0.15, 0.2) is 0 Å². The van der Waals surface area contributed by atoms with Crippen LogP contribution in [0, 0.1) is 5.92 Å². The molecule has 116 valence electrons. The number of carboxylic acid groups (broad SMARTS) is 1. The number of nitrogens with zero attached hydrogens (tertiary/aromatic N) is 3. The number of aliphatic carboxylic acids is 1. The Morgan fingerprint density at radius 2 is 1.85 bits per heavy atom. The lowest BCUT2D eigenvalue weighted by Gasteiger charge is -2.33. The lowest BCUT2D eigenvalue weighted by Crippen LogP contribution is -2.51. The third-order valence-corrected chi connectivity index (χ3v) is 3.56. The Bertz CT molecular complexity index is 349. The highest BCUT2D eigenvalue weighted by molar-refractivity contribution is 5.77. The zero-order valence-electron chi connectivity index (χ0n) is 12.7. The topological polar surface area (TPSA) is 73.3 Å². The number of likely N-dealkylation sites (N-methyl/N-ethyl adjacent to an activating group) is 3. The molecule has 1 fully saturated rings. The van der Waals surface area contributed by atoms with Crippen LogP contribution in [0.2, 0.25) is 0 Å². The fourth-order valence-corrected chi connectivity index (χ4v) is 2.26. The first kappa shape index (κ1) is 16.7. The third-order valence-electron chi connectivity index (χ3n) is 3.56. The second-order valence-corrected chi connectivity index (χ2v) is 5.34. The number of urea groups is 1. The molecule has 1 rings (SSSR count). The van der Waals surface area contributed by atoms with E-state index in [1.807, 2.05) is 25.9 Å². The number of carboxylic acids is 1. The summed E-state index contributed by atoms with van der Waals surface area (Å²) in [5.74, 6) is -1.55. The predicted octanol–water partition coefficient (Wildman–Crippen LogP) is 0.0213. The highest BCUT2D eigenvalue weighted by Crippen LogP contribution is 2.21. The summed E-state index contributed by atoms with van der Waals surface area (Å²) in [4.78, 5) is 28.9. The fraction of sp³-hybridized carbons (Fsp3) is 0.846. The van der Waals surface area contributed by atoms with Gasteiger partial charge in [-0.25, -0.2) is 4.79 Å². The molecule has 0 aromatic carbocycles. The number of rotatable bonds is 6. The minimum Gasteiger partial charge on any atom is -0.481 e. The number of carbonyl (C=O) groups excluding carboxylic acids is 1. The molecule has 1 heterocycles. The molecule has 0 aliphatic carbocycles. The molecule has 1 aliphatic heterocycles. The van der Waals surface area contributed by atoms with Crippen LogP contribution in [0.5, 0.6) is 0 Å². The van der Waals surface area contributed by atoms with Gasteiger partial charge in [0.15, 0.2) is 0 Å². The molecule has 2 atom stereocenters. The van der Waals surface area contributed by atoms with Crippen LogP contribution >= 0.6 is 0 Å². The zero-order valence-corrected chi connectivity index (χ0v) is 12.7. The SMILES string of the molecule is CCN(C(=O)N(C)CCN(C)C)C1COCC1C(=O)O. The van der Waals surface area contributed by atoms with Gasteiger partial charge in [0, 0.05) is 26.7 Å². The van der Waals surface area contributed by atoms with Gasteiger partial charge in [-0.15, -0.1) is 0 Å². The maximum Gasteiger partial charge on any atom is 0.320 e. The van der Waals surface area contributed by atoms with E-state index in [-0.39, 0.29) is 25.3 Å². The molecule has 7 nitrogen and oxygen atoms in total. The van der Waals surface area contributed by atoms with Crippen LogP contribution in [0.4, 0.5) is 4.79 Å². The van der Waals surface area contributed by atoms with Crippen molar-refractivity contribution < 1.29 is 19.4 Å². The van der Waals surface area contributed by atoms with Gasteiger partial charge >= 0.3 is 12.0 Å². The number of hydrogen-bond donors (Lipinski definition) is 1. The first-order chi connectivity index (χ1) is 9.38. The molecule has 7 heteroatoms. The monoisotopic (exact) mass is 287 g/mol. The molecule has 0 aromatic rings. The van der Waals surface area contributed by atoms with E-state index in [4.69, 9.17) is 4.74 Å². The average molecular weight is 287 g/mol. The normalized spacial score (nSPS) is 22.1. The molecule has 2 amide bonds. The fourth-order valence-electron chi connectivity index (χ4n) is 2.26. The summed E-state index contributed by atoms with van der Waals surface area (Å²) in [5.41, 5.74) is 0. The number of ether oxygens (including phenoxy) is 1. The van der Waals surface area contributed by atoms with Crippen molar-refractivity contribution in [1.82, 2.24) is 14.7 Å². The van der Waals surface area contributed by atoms with Crippen LogP contribution in [0.3, 0.4) is 0 Å². The van der Waals surface area contributed by atoms with Crippen LogP contribution in [-0.2, 0) is 9.53 Å². The third kappa shape index (κ3) is 4.08. The van der Waals surface area contributed by atoms with Gasteiger partial charge in [0.2, 0.25) is 0 Å². The molecule has 0 bridgehead atoms. The molecular weight excluding hydrogens is 262 g/mol. The molecule has 0 aromatic heterocycles. The smallest absolute Gasteiger partial charge is 0.320 e. The van der Waals surface area contributed by atoms with Gasteiger partial charge in [-0.1, -0.05) is 0 Å². The molecule has 0 spiro atoms. The molecule has 20 heavy (non-hydrogen) atoms. The Morgan fingerprint density at radius 3 is 2.35 bits per heavy atom. The highest BCUT2D eigenvalue weighted by atomic mass is 16.5. The van der Waals surface area contributed by atoms with Crippen molar-refractivity contribution in [3.8, 4) is 0 Å². The summed E-state index contributed by atoms with van der Waals surface area (Å²) in [6, 6.07) is -0.525. The number of amides is 2. The van der Waals surface area contributed by atoms with E-state index < -0.39 is 11.9 Å². The zero-order chi connectivity index (χ0) is 15.3. The maximum atomic E-state index is 12.4. The summed E-state index contributed by atoms with van der Waals surface area (Å²) in [7, 11) is 5.63. The lowest BCUT2D eigenvalue weighted by atomic mass is 10.0. The van der Waals surface area contributed by atoms with Crippen molar-refractivity contribution in [2.75, 3.05) is 54.0 Å². The summed E-state index contributed by atoms with van der Waals surface area (Å²) in [5, 5.41) is 9.19. The van der Waals surface area contributed by atoms with Gasteiger partial charge in [0.05, 0.1) is 19.3 Å². The van der Waals surface area contributed by atoms with Gasteiger partial charge < -0.3 is 24.5 Å². The summed E-state index contributed by atoms with van der Waals surface area (Å²) in [6.45, 7) is 4.16. The molecule has 1 N–H and O–H groups in total. The molecular formula is C13H25N3O4. The Hall–Kier alpha value is -1.34. The molecule has 0 saturated carbocycles. The molecule has 2 unspecified atom stereocenters. The van der Waals surface area contributed by atoms with E-state index in [2.05, 4.69) is 0 Å². The van der Waals surface area contributed by atoms with Crippen molar-refractivity contribution in [2.24, 2.45) is 5.92 Å². The van der Waals surface area contributed by atoms with Crippen molar-refractivity contribution >= 4 is 12.0 Å². The van der Waals surface area contributed by atoms with Crippen molar-refractivity contribution in [2.45, 2.75) is 13.0 Å². The number of carbonyl (C=O) groups is 2. The standard InChI is InChI=1S/C13H25N3O4/c1-5-16(11-9-20-8-10(11)12(17)18)13(19)15(4)7-6-14(2)3/h10-11H,5-9H2,1-4H3,(H,17,18). The van der Waals surface area contributed by atoms with Gasteiger partial charge in [-0.05, 0) is 21.0 Å². The minimum atomic E-state index is -0.908. The summed E-state index contributed by atoms with van der Waals surface area (Å²) in [6.07, 6.45) is 0.